The number of nitrogens with one attached hydrogen (secondary N) is 1. The van der Waals surface area contributed by atoms with Crippen molar-refractivity contribution in [3.63, 3.8) is 0 Å². The fourth-order valence-corrected chi connectivity index (χ4v) is 2.79. The van der Waals surface area contributed by atoms with Gasteiger partial charge in [-0.3, -0.25) is 0 Å². The number of benzene rings is 2. The molecule has 0 atom stereocenters. The topological polar surface area (TPSA) is 30.5 Å². The van der Waals surface area contributed by atoms with Gasteiger partial charge in [0.25, 0.3) is 0 Å². The first-order chi connectivity index (χ1) is 10.3. The van der Waals surface area contributed by atoms with Crippen molar-refractivity contribution in [1.29, 1.82) is 0 Å². The van der Waals surface area contributed by atoms with Crippen LogP contribution in [0.5, 0.6) is 11.5 Å². The van der Waals surface area contributed by atoms with Gasteiger partial charge < -0.3 is 14.8 Å². The van der Waals surface area contributed by atoms with E-state index in [1.807, 2.05) is 36.0 Å². The van der Waals surface area contributed by atoms with E-state index >= 15 is 0 Å². The van der Waals surface area contributed by atoms with Crippen molar-refractivity contribution in [2.45, 2.75) is 11.4 Å². The third-order valence-corrected chi connectivity index (χ3v) is 4.04. The van der Waals surface area contributed by atoms with Crippen LogP contribution in [-0.4, -0.2) is 26.5 Å². The summed E-state index contributed by atoms with van der Waals surface area (Å²) in [5.41, 5.74) is 1.16. The average Bonchev–Trinajstić information content (AvgIpc) is 2.55. The molecule has 3 nitrogen and oxygen atoms in total. The fourth-order valence-electron chi connectivity index (χ4n) is 1.96. The molecule has 0 amide bonds. The summed E-state index contributed by atoms with van der Waals surface area (Å²) >= 11 is 1.86. The third-order valence-electron chi connectivity index (χ3n) is 3.03. The Morgan fingerprint density at radius 1 is 0.952 bits per heavy atom. The van der Waals surface area contributed by atoms with Crippen molar-refractivity contribution in [3.8, 4) is 11.5 Å². The van der Waals surface area contributed by atoms with Crippen molar-refractivity contribution in [3.05, 3.63) is 54.1 Å². The van der Waals surface area contributed by atoms with Gasteiger partial charge in [0, 0.05) is 29.8 Å². The molecule has 0 aliphatic heterocycles. The highest BCUT2D eigenvalue weighted by atomic mass is 32.2. The average molecular weight is 303 g/mol. The predicted molar refractivity (Wildman–Crippen MR) is 88.4 cm³/mol. The summed E-state index contributed by atoms with van der Waals surface area (Å²) in [7, 11) is 3.34. The lowest BCUT2D eigenvalue weighted by atomic mass is 10.2. The summed E-state index contributed by atoms with van der Waals surface area (Å²) < 4.78 is 10.5. The van der Waals surface area contributed by atoms with Gasteiger partial charge in [-0.25, -0.2) is 0 Å². The minimum atomic E-state index is 0.808. The number of ether oxygens (including phenoxy) is 2. The van der Waals surface area contributed by atoms with Crippen LogP contribution in [0.15, 0.2) is 53.4 Å². The Hall–Kier alpha value is -1.65. The van der Waals surface area contributed by atoms with Gasteiger partial charge in [0.1, 0.15) is 11.5 Å². The molecule has 21 heavy (non-hydrogen) atoms. The molecule has 0 aliphatic carbocycles. The summed E-state index contributed by atoms with van der Waals surface area (Å²) in [6, 6.07) is 16.4. The van der Waals surface area contributed by atoms with E-state index in [9.17, 15) is 0 Å². The number of hydrogen-bond donors (Lipinski definition) is 1. The molecule has 0 saturated carbocycles. The number of thioether (sulfide) groups is 1. The molecule has 1 N–H and O–H groups in total. The van der Waals surface area contributed by atoms with E-state index in [2.05, 4.69) is 29.6 Å². The van der Waals surface area contributed by atoms with Gasteiger partial charge >= 0.3 is 0 Å². The van der Waals surface area contributed by atoms with E-state index in [-0.39, 0.29) is 0 Å². The van der Waals surface area contributed by atoms with Crippen molar-refractivity contribution >= 4 is 11.8 Å². The van der Waals surface area contributed by atoms with Gasteiger partial charge in [0.05, 0.1) is 14.2 Å². The maximum Gasteiger partial charge on any atom is 0.122 e. The van der Waals surface area contributed by atoms with Crippen LogP contribution >= 0.6 is 11.8 Å². The Labute approximate surface area is 130 Å². The molecule has 2 aromatic rings. The summed E-state index contributed by atoms with van der Waals surface area (Å²) in [5.74, 6) is 2.69. The first-order valence-corrected chi connectivity index (χ1v) is 7.91. The lowest BCUT2D eigenvalue weighted by Gasteiger charge is -2.09. The molecule has 2 aromatic carbocycles. The molecule has 0 saturated heterocycles. The van der Waals surface area contributed by atoms with Crippen LogP contribution in [0, 0.1) is 0 Å². The van der Waals surface area contributed by atoms with Crippen LogP contribution in [0.1, 0.15) is 5.56 Å². The molecule has 2 rings (SSSR count). The lowest BCUT2D eigenvalue weighted by molar-refractivity contribution is 0.393. The molecule has 0 radical (unpaired) electrons. The summed E-state index contributed by atoms with van der Waals surface area (Å²) in [5, 5.41) is 3.44. The third kappa shape index (κ3) is 5.33. The zero-order valence-corrected chi connectivity index (χ0v) is 13.3. The predicted octanol–water partition coefficient (Wildman–Crippen LogP) is 3.59. The molecule has 0 unspecified atom stereocenters. The summed E-state index contributed by atoms with van der Waals surface area (Å²) in [4.78, 5) is 1.31. The van der Waals surface area contributed by atoms with E-state index < -0.39 is 0 Å². The van der Waals surface area contributed by atoms with E-state index in [1.54, 1.807) is 14.2 Å². The van der Waals surface area contributed by atoms with Gasteiger partial charge in [0.2, 0.25) is 0 Å². The van der Waals surface area contributed by atoms with Gasteiger partial charge in [-0.05, 0) is 29.8 Å². The van der Waals surface area contributed by atoms with Gasteiger partial charge in [-0.15, -0.1) is 11.8 Å². The van der Waals surface area contributed by atoms with Crippen LogP contribution < -0.4 is 14.8 Å². The van der Waals surface area contributed by atoms with Crippen LogP contribution in [0.3, 0.4) is 0 Å². The smallest absolute Gasteiger partial charge is 0.122 e. The SMILES string of the molecule is COc1cc(CNCCSc2ccccc2)cc(OC)c1. The highest BCUT2D eigenvalue weighted by molar-refractivity contribution is 7.99. The van der Waals surface area contributed by atoms with E-state index in [0.717, 1.165) is 35.9 Å². The molecule has 0 fully saturated rings. The minimum absolute atomic E-state index is 0.808. The summed E-state index contributed by atoms with van der Waals surface area (Å²) in [6.07, 6.45) is 0. The van der Waals surface area contributed by atoms with E-state index in [4.69, 9.17) is 9.47 Å². The standard InChI is InChI=1S/C17H21NO2S/c1-19-15-10-14(11-16(12-15)20-2)13-18-8-9-21-17-6-4-3-5-7-17/h3-7,10-12,18H,8-9,13H2,1-2H3. The van der Waals surface area contributed by atoms with E-state index in [1.165, 1.54) is 4.90 Å². The highest BCUT2D eigenvalue weighted by Gasteiger charge is 2.01. The Morgan fingerprint density at radius 3 is 2.24 bits per heavy atom. The van der Waals surface area contributed by atoms with Crippen molar-refractivity contribution < 1.29 is 9.47 Å². The summed E-state index contributed by atoms with van der Waals surface area (Å²) in [6.45, 7) is 1.77. The second-order valence-electron chi connectivity index (χ2n) is 4.56. The van der Waals surface area contributed by atoms with Crippen molar-refractivity contribution in [1.82, 2.24) is 5.32 Å². The van der Waals surface area contributed by atoms with Crippen LogP contribution in [-0.2, 0) is 6.54 Å². The van der Waals surface area contributed by atoms with Gasteiger partial charge in [-0.2, -0.15) is 0 Å². The zero-order chi connectivity index (χ0) is 14.9. The van der Waals surface area contributed by atoms with Crippen molar-refractivity contribution in [2.75, 3.05) is 26.5 Å². The van der Waals surface area contributed by atoms with Crippen LogP contribution in [0.2, 0.25) is 0 Å². The van der Waals surface area contributed by atoms with Crippen LogP contribution in [0.4, 0.5) is 0 Å². The monoisotopic (exact) mass is 303 g/mol. The fraction of sp³-hybridized carbons (Fsp3) is 0.294. The molecule has 0 heterocycles. The zero-order valence-electron chi connectivity index (χ0n) is 12.5. The number of methoxy groups -OCH3 is 2. The maximum atomic E-state index is 5.27. The second-order valence-corrected chi connectivity index (χ2v) is 5.73. The Morgan fingerprint density at radius 2 is 1.62 bits per heavy atom. The van der Waals surface area contributed by atoms with Crippen LogP contribution in [0.25, 0.3) is 0 Å². The van der Waals surface area contributed by atoms with Gasteiger partial charge in [-0.1, -0.05) is 18.2 Å². The molecule has 0 bridgehead atoms. The Balaban J connectivity index is 1.75. The quantitative estimate of drug-likeness (QED) is 0.596. The molecular weight excluding hydrogens is 282 g/mol. The molecule has 4 heteroatoms. The Bertz CT molecular complexity index is 523. The molecule has 112 valence electrons. The maximum absolute atomic E-state index is 5.27. The molecule has 0 aliphatic rings. The molecular formula is C17H21NO2S. The largest absolute Gasteiger partial charge is 0.497 e. The first-order valence-electron chi connectivity index (χ1n) is 6.92. The van der Waals surface area contributed by atoms with E-state index in [0.29, 0.717) is 0 Å². The Kier molecular flexibility index (Phi) is 6.44. The lowest BCUT2D eigenvalue weighted by Crippen LogP contribution is -2.16. The minimum Gasteiger partial charge on any atom is -0.497 e. The van der Waals surface area contributed by atoms with Gasteiger partial charge in [0.15, 0.2) is 0 Å². The molecule has 0 spiro atoms. The highest BCUT2D eigenvalue weighted by Crippen LogP contribution is 2.22. The first kappa shape index (κ1) is 15.7. The van der Waals surface area contributed by atoms with Crippen molar-refractivity contribution in [2.24, 2.45) is 0 Å². The number of rotatable bonds is 8. The number of hydrogen-bond acceptors (Lipinski definition) is 4. The second kappa shape index (κ2) is 8.60. The molecule has 0 aromatic heterocycles. The normalized spacial score (nSPS) is 10.4.